The highest BCUT2D eigenvalue weighted by molar-refractivity contribution is 6.03. The van der Waals surface area contributed by atoms with Gasteiger partial charge in [-0.05, 0) is 31.2 Å². The Hall–Kier alpha value is -3.55. The molecule has 8 nitrogen and oxygen atoms in total. The van der Waals surface area contributed by atoms with E-state index in [0.29, 0.717) is 23.9 Å². The Bertz CT molecular complexity index is 906. The average molecular weight is 350 g/mol. The first-order valence-electron chi connectivity index (χ1n) is 8.09. The fourth-order valence-corrected chi connectivity index (χ4v) is 2.45. The Labute approximate surface area is 150 Å². The molecule has 3 heterocycles. The first kappa shape index (κ1) is 17.3. The minimum Gasteiger partial charge on any atom is -0.319 e. The largest absolute Gasteiger partial charge is 0.319 e. The van der Waals surface area contributed by atoms with Crippen molar-refractivity contribution in [3.63, 3.8) is 0 Å². The molecule has 0 bridgehead atoms. The van der Waals surface area contributed by atoms with Crippen molar-refractivity contribution in [2.45, 2.75) is 13.8 Å². The number of amides is 2. The summed E-state index contributed by atoms with van der Waals surface area (Å²) in [5, 5.41) is 2.75. The topological polar surface area (TPSA) is 93.0 Å². The molecule has 3 rings (SSSR count). The third kappa shape index (κ3) is 3.75. The Morgan fingerprint density at radius 3 is 2.69 bits per heavy atom. The highest BCUT2D eigenvalue weighted by Gasteiger charge is 2.12. The number of anilines is 2. The summed E-state index contributed by atoms with van der Waals surface area (Å²) in [6, 6.07) is 8.56. The molecule has 3 aromatic rings. The lowest BCUT2D eigenvalue weighted by Gasteiger charge is -2.17. The van der Waals surface area contributed by atoms with Gasteiger partial charge in [-0.1, -0.05) is 6.07 Å². The quantitative estimate of drug-likeness (QED) is 0.762. The van der Waals surface area contributed by atoms with Gasteiger partial charge in [-0.3, -0.25) is 19.1 Å². The molecule has 1 N–H and O–H groups in total. The van der Waals surface area contributed by atoms with E-state index in [1.165, 1.54) is 13.1 Å². The van der Waals surface area contributed by atoms with Crippen LogP contribution in [0.4, 0.5) is 11.5 Å². The van der Waals surface area contributed by atoms with Crippen molar-refractivity contribution < 1.29 is 9.59 Å². The molecule has 0 saturated heterocycles. The van der Waals surface area contributed by atoms with Crippen molar-refractivity contribution in [3.05, 3.63) is 60.9 Å². The molecule has 26 heavy (non-hydrogen) atoms. The van der Waals surface area contributed by atoms with Gasteiger partial charge >= 0.3 is 0 Å². The lowest BCUT2D eigenvalue weighted by molar-refractivity contribution is -0.116. The monoisotopic (exact) mass is 350 g/mol. The van der Waals surface area contributed by atoms with Crippen LogP contribution in [-0.4, -0.2) is 37.9 Å². The third-order valence-electron chi connectivity index (χ3n) is 3.71. The van der Waals surface area contributed by atoms with Crippen molar-refractivity contribution in [1.29, 1.82) is 0 Å². The van der Waals surface area contributed by atoms with Crippen LogP contribution < -0.4 is 10.2 Å². The average Bonchev–Trinajstić information content (AvgIpc) is 3.18. The molecule has 0 atom stereocenters. The van der Waals surface area contributed by atoms with Gasteiger partial charge in [-0.25, -0.2) is 15.0 Å². The Morgan fingerprint density at radius 1 is 1.23 bits per heavy atom. The highest BCUT2D eigenvalue weighted by Crippen LogP contribution is 2.15. The minimum atomic E-state index is -0.347. The Kier molecular flexibility index (Phi) is 5.02. The summed E-state index contributed by atoms with van der Waals surface area (Å²) in [6.45, 7) is 3.89. The standard InChI is InChI=1S/C18H18N6O2/c1-3-24(13(2)25)16-8-7-14(11-20-16)21-18(26)15-5-4-6-17(22-15)23-10-9-19-12-23/h4-12H,3H2,1-2H3,(H,21,26). The van der Waals surface area contributed by atoms with Crippen LogP contribution in [0.5, 0.6) is 0 Å². The summed E-state index contributed by atoms with van der Waals surface area (Å²) >= 11 is 0. The molecule has 0 radical (unpaired) electrons. The molecule has 8 heteroatoms. The van der Waals surface area contributed by atoms with Crippen LogP contribution in [0.25, 0.3) is 5.82 Å². The Morgan fingerprint density at radius 2 is 2.08 bits per heavy atom. The number of pyridine rings is 2. The van der Waals surface area contributed by atoms with Gasteiger partial charge in [0.1, 0.15) is 23.7 Å². The zero-order chi connectivity index (χ0) is 18.5. The number of aromatic nitrogens is 4. The number of carbonyl (C=O) groups excluding carboxylic acids is 2. The second-order valence-electron chi connectivity index (χ2n) is 5.47. The fourth-order valence-electron chi connectivity index (χ4n) is 2.45. The maximum Gasteiger partial charge on any atom is 0.274 e. The molecule has 0 unspecified atom stereocenters. The van der Waals surface area contributed by atoms with Crippen molar-refractivity contribution >= 4 is 23.3 Å². The summed E-state index contributed by atoms with van der Waals surface area (Å²) in [5.74, 6) is 0.708. The van der Waals surface area contributed by atoms with E-state index in [9.17, 15) is 9.59 Å². The highest BCUT2D eigenvalue weighted by atomic mass is 16.2. The van der Waals surface area contributed by atoms with Gasteiger partial charge < -0.3 is 5.32 Å². The van der Waals surface area contributed by atoms with Crippen molar-refractivity contribution in [2.75, 3.05) is 16.8 Å². The zero-order valence-corrected chi connectivity index (χ0v) is 14.5. The number of nitrogens with zero attached hydrogens (tertiary/aromatic N) is 5. The number of carbonyl (C=O) groups is 2. The number of nitrogens with one attached hydrogen (secondary N) is 1. The van der Waals surface area contributed by atoms with Crippen LogP contribution in [0.2, 0.25) is 0 Å². The van der Waals surface area contributed by atoms with Crippen molar-refractivity contribution in [1.82, 2.24) is 19.5 Å². The van der Waals surface area contributed by atoms with Crippen LogP contribution in [-0.2, 0) is 4.79 Å². The fraction of sp³-hybridized carbons (Fsp3) is 0.167. The summed E-state index contributed by atoms with van der Waals surface area (Å²) in [5.41, 5.74) is 0.799. The molecule has 0 fully saturated rings. The van der Waals surface area contributed by atoms with E-state index in [-0.39, 0.29) is 17.5 Å². The number of rotatable bonds is 5. The predicted molar refractivity (Wildman–Crippen MR) is 97.3 cm³/mol. The maximum absolute atomic E-state index is 12.4. The summed E-state index contributed by atoms with van der Waals surface area (Å²) in [6.07, 6.45) is 6.52. The molecular weight excluding hydrogens is 332 g/mol. The van der Waals surface area contributed by atoms with Gasteiger partial charge in [0, 0.05) is 25.9 Å². The number of hydrogen-bond donors (Lipinski definition) is 1. The third-order valence-corrected chi connectivity index (χ3v) is 3.71. The Balaban J connectivity index is 1.74. The van der Waals surface area contributed by atoms with E-state index in [1.807, 2.05) is 6.92 Å². The second kappa shape index (κ2) is 7.56. The van der Waals surface area contributed by atoms with E-state index < -0.39 is 0 Å². The van der Waals surface area contributed by atoms with Crippen LogP contribution in [0.3, 0.4) is 0 Å². The van der Waals surface area contributed by atoms with E-state index >= 15 is 0 Å². The summed E-state index contributed by atoms with van der Waals surface area (Å²) in [4.78, 5) is 38.1. The van der Waals surface area contributed by atoms with Gasteiger partial charge in [0.25, 0.3) is 5.91 Å². The second-order valence-corrected chi connectivity index (χ2v) is 5.47. The molecule has 0 spiro atoms. The summed E-state index contributed by atoms with van der Waals surface area (Å²) in [7, 11) is 0. The molecule has 0 saturated carbocycles. The lowest BCUT2D eigenvalue weighted by Crippen LogP contribution is -2.28. The van der Waals surface area contributed by atoms with E-state index in [2.05, 4.69) is 20.3 Å². The van der Waals surface area contributed by atoms with Gasteiger partial charge in [0.2, 0.25) is 5.91 Å². The van der Waals surface area contributed by atoms with Crippen LogP contribution >= 0.6 is 0 Å². The summed E-state index contributed by atoms with van der Waals surface area (Å²) < 4.78 is 1.72. The lowest BCUT2D eigenvalue weighted by atomic mass is 10.3. The molecule has 132 valence electrons. The molecule has 0 aliphatic carbocycles. The van der Waals surface area contributed by atoms with Gasteiger partial charge in [-0.2, -0.15) is 0 Å². The first-order valence-corrected chi connectivity index (χ1v) is 8.09. The van der Waals surface area contributed by atoms with Gasteiger partial charge in [0.05, 0.1) is 11.9 Å². The number of imidazole rings is 1. The molecule has 0 aromatic carbocycles. The molecule has 0 aliphatic rings. The maximum atomic E-state index is 12.4. The van der Waals surface area contributed by atoms with E-state index in [4.69, 9.17) is 0 Å². The number of hydrogen-bond acceptors (Lipinski definition) is 5. The van der Waals surface area contributed by atoms with Gasteiger partial charge in [0.15, 0.2) is 0 Å². The molecule has 2 amide bonds. The predicted octanol–water partition coefficient (Wildman–Crippen LogP) is 2.29. The van der Waals surface area contributed by atoms with Crippen molar-refractivity contribution in [3.8, 4) is 5.82 Å². The molecular formula is C18H18N6O2. The zero-order valence-electron chi connectivity index (χ0n) is 14.5. The van der Waals surface area contributed by atoms with Crippen LogP contribution in [0.1, 0.15) is 24.3 Å². The normalized spacial score (nSPS) is 10.4. The molecule has 0 aliphatic heterocycles. The minimum absolute atomic E-state index is 0.0858. The van der Waals surface area contributed by atoms with Crippen LogP contribution in [0.15, 0.2) is 55.2 Å². The first-order chi connectivity index (χ1) is 12.6. The van der Waals surface area contributed by atoms with Gasteiger partial charge in [-0.15, -0.1) is 0 Å². The smallest absolute Gasteiger partial charge is 0.274 e. The van der Waals surface area contributed by atoms with Crippen molar-refractivity contribution in [2.24, 2.45) is 0 Å². The van der Waals surface area contributed by atoms with Crippen LogP contribution in [0, 0.1) is 0 Å². The van der Waals surface area contributed by atoms with E-state index in [0.717, 1.165) is 0 Å². The SMILES string of the molecule is CCN(C(C)=O)c1ccc(NC(=O)c2cccc(-n3ccnc3)n2)cn1. The van der Waals surface area contributed by atoms with E-state index in [1.54, 1.807) is 58.5 Å². The molecule has 3 aromatic heterocycles.